The maximum Gasteiger partial charge on any atom is 0.0622 e. The second-order valence-electron chi connectivity index (χ2n) is 5.78. The molecule has 0 aromatic carbocycles. The Bertz CT molecular complexity index is 178. The zero-order valence-corrected chi connectivity index (χ0v) is 12.5. The molecule has 2 nitrogen and oxygen atoms in total. The van der Waals surface area contributed by atoms with Gasteiger partial charge in [0.05, 0.1) is 6.61 Å². The van der Waals surface area contributed by atoms with Gasteiger partial charge in [0.2, 0.25) is 0 Å². The van der Waals surface area contributed by atoms with Crippen LogP contribution in [-0.4, -0.2) is 26.3 Å². The lowest BCUT2D eigenvalue weighted by molar-refractivity contribution is 0.0930. The Labute approximate surface area is 114 Å². The third-order valence-electron chi connectivity index (χ3n) is 4.28. The van der Waals surface area contributed by atoms with Gasteiger partial charge in [-0.25, -0.2) is 0 Å². The minimum atomic E-state index is 0.590. The fourth-order valence-corrected chi connectivity index (χ4v) is 3.01. The normalized spacial score (nSPS) is 18.3. The summed E-state index contributed by atoms with van der Waals surface area (Å²) in [5.74, 6) is 0.861. The maximum absolute atomic E-state index is 5.84. The fraction of sp³-hybridized carbons (Fsp3) is 1.00. The molecule has 18 heavy (non-hydrogen) atoms. The van der Waals surface area contributed by atoms with Crippen LogP contribution >= 0.6 is 0 Å². The van der Waals surface area contributed by atoms with Crippen LogP contribution in [0.2, 0.25) is 0 Å². The van der Waals surface area contributed by atoms with Gasteiger partial charge in [-0.05, 0) is 32.2 Å². The van der Waals surface area contributed by atoms with Crippen LogP contribution < -0.4 is 5.32 Å². The lowest BCUT2D eigenvalue weighted by Gasteiger charge is -2.22. The van der Waals surface area contributed by atoms with Crippen LogP contribution in [0, 0.1) is 5.92 Å². The van der Waals surface area contributed by atoms with E-state index in [4.69, 9.17) is 4.74 Å². The van der Waals surface area contributed by atoms with Gasteiger partial charge >= 0.3 is 0 Å². The van der Waals surface area contributed by atoms with Crippen molar-refractivity contribution in [1.82, 2.24) is 5.32 Å². The summed E-state index contributed by atoms with van der Waals surface area (Å²) in [6.07, 6.45) is 13.7. The predicted molar refractivity (Wildman–Crippen MR) is 79.0 cm³/mol. The van der Waals surface area contributed by atoms with Gasteiger partial charge in [0.1, 0.15) is 0 Å². The number of hydrogen-bond donors (Lipinski definition) is 1. The zero-order chi connectivity index (χ0) is 13.1. The molecule has 0 saturated heterocycles. The molecule has 0 radical (unpaired) electrons. The molecule has 0 aliphatic heterocycles. The molecule has 1 atom stereocenters. The highest BCUT2D eigenvalue weighted by Gasteiger charge is 2.23. The van der Waals surface area contributed by atoms with E-state index in [9.17, 15) is 0 Å². The summed E-state index contributed by atoms with van der Waals surface area (Å²) >= 11 is 0. The van der Waals surface area contributed by atoms with Crippen molar-refractivity contribution in [3.05, 3.63) is 0 Å². The van der Waals surface area contributed by atoms with Crippen molar-refractivity contribution in [1.29, 1.82) is 0 Å². The summed E-state index contributed by atoms with van der Waals surface area (Å²) in [6, 6.07) is 0.590. The SMILES string of the molecule is CCCCCCCCOCC(NC)C1CCCC1. The fourth-order valence-electron chi connectivity index (χ4n) is 3.01. The highest BCUT2D eigenvalue weighted by molar-refractivity contribution is 4.79. The summed E-state index contributed by atoms with van der Waals surface area (Å²) in [6.45, 7) is 4.14. The van der Waals surface area contributed by atoms with E-state index in [2.05, 4.69) is 19.3 Å². The number of nitrogens with one attached hydrogen (secondary N) is 1. The lowest BCUT2D eigenvalue weighted by atomic mass is 9.99. The highest BCUT2D eigenvalue weighted by atomic mass is 16.5. The van der Waals surface area contributed by atoms with E-state index in [1.54, 1.807) is 0 Å². The molecule has 1 unspecified atom stereocenters. The van der Waals surface area contributed by atoms with Crippen LogP contribution in [0.4, 0.5) is 0 Å². The van der Waals surface area contributed by atoms with E-state index < -0.39 is 0 Å². The molecule has 0 heterocycles. The van der Waals surface area contributed by atoms with Crippen LogP contribution in [0.25, 0.3) is 0 Å². The molecule has 0 spiro atoms. The Morgan fingerprint density at radius 1 is 1.06 bits per heavy atom. The monoisotopic (exact) mass is 255 g/mol. The van der Waals surface area contributed by atoms with Crippen molar-refractivity contribution in [2.75, 3.05) is 20.3 Å². The van der Waals surface area contributed by atoms with Crippen molar-refractivity contribution < 1.29 is 4.74 Å². The Hall–Kier alpha value is -0.0800. The standard InChI is InChI=1S/C16H33NO/c1-3-4-5-6-7-10-13-18-14-16(17-2)15-11-8-9-12-15/h15-17H,3-14H2,1-2H3. The smallest absolute Gasteiger partial charge is 0.0622 e. The topological polar surface area (TPSA) is 21.3 Å². The van der Waals surface area contributed by atoms with Crippen molar-refractivity contribution in [2.45, 2.75) is 77.2 Å². The van der Waals surface area contributed by atoms with Crippen molar-refractivity contribution >= 4 is 0 Å². The molecule has 1 N–H and O–H groups in total. The summed E-state index contributed by atoms with van der Waals surface area (Å²) in [5, 5.41) is 3.44. The van der Waals surface area contributed by atoms with Crippen LogP contribution in [0.5, 0.6) is 0 Å². The van der Waals surface area contributed by atoms with Gasteiger partial charge in [0.25, 0.3) is 0 Å². The quantitative estimate of drug-likeness (QED) is 0.560. The Balaban J connectivity index is 1.92. The maximum atomic E-state index is 5.84. The van der Waals surface area contributed by atoms with E-state index in [1.165, 1.54) is 64.2 Å². The Kier molecular flexibility index (Phi) is 9.59. The Morgan fingerprint density at radius 2 is 1.72 bits per heavy atom. The molecule has 2 heteroatoms. The second kappa shape index (κ2) is 10.8. The van der Waals surface area contributed by atoms with Crippen LogP contribution in [0.1, 0.15) is 71.1 Å². The summed E-state index contributed by atoms with van der Waals surface area (Å²) < 4.78 is 5.84. The van der Waals surface area contributed by atoms with Crippen LogP contribution in [-0.2, 0) is 4.74 Å². The largest absolute Gasteiger partial charge is 0.380 e. The van der Waals surface area contributed by atoms with Crippen LogP contribution in [0.3, 0.4) is 0 Å². The third kappa shape index (κ3) is 6.75. The zero-order valence-electron chi connectivity index (χ0n) is 12.5. The first kappa shape index (κ1) is 16.0. The van der Waals surface area contributed by atoms with Gasteiger partial charge in [-0.15, -0.1) is 0 Å². The molecule has 1 fully saturated rings. The minimum Gasteiger partial charge on any atom is -0.380 e. The molecule has 0 aromatic rings. The second-order valence-corrected chi connectivity index (χ2v) is 5.78. The molecule has 1 saturated carbocycles. The number of rotatable bonds is 11. The van der Waals surface area contributed by atoms with E-state index in [-0.39, 0.29) is 0 Å². The molecule has 0 aromatic heterocycles. The summed E-state index contributed by atoms with van der Waals surface area (Å²) in [5.41, 5.74) is 0. The molecular formula is C16H33NO. The summed E-state index contributed by atoms with van der Waals surface area (Å²) in [7, 11) is 2.08. The van der Waals surface area contributed by atoms with E-state index in [0.29, 0.717) is 6.04 Å². The van der Waals surface area contributed by atoms with Gasteiger partial charge < -0.3 is 10.1 Å². The van der Waals surface area contributed by atoms with Gasteiger partial charge in [-0.3, -0.25) is 0 Å². The molecule has 1 rings (SSSR count). The number of likely N-dealkylation sites (N-methyl/N-ethyl adjacent to an activating group) is 1. The van der Waals surface area contributed by atoms with Crippen molar-refractivity contribution in [3.8, 4) is 0 Å². The molecule has 1 aliphatic carbocycles. The number of unbranched alkanes of at least 4 members (excludes halogenated alkanes) is 5. The van der Waals surface area contributed by atoms with Crippen molar-refractivity contribution in [2.24, 2.45) is 5.92 Å². The van der Waals surface area contributed by atoms with Gasteiger partial charge in [-0.2, -0.15) is 0 Å². The Morgan fingerprint density at radius 3 is 2.39 bits per heavy atom. The molecule has 1 aliphatic rings. The van der Waals surface area contributed by atoms with E-state index >= 15 is 0 Å². The van der Waals surface area contributed by atoms with E-state index in [1.807, 2.05) is 0 Å². The lowest BCUT2D eigenvalue weighted by Crippen LogP contribution is -2.36. The predicted octanol–water partition coefficient (Wildman–Crippen LogP) is 4.14. The van der Waals surface area contributed by atoms with E-state index in [0.717, 1.165) is 19.1 Å². The van der Waals surface area contributed by atoms with Gasteiger partial charge in [0, 0.05) is 12.6 Å². The molecule has 0 bridgehead atoms. The van der Waals surface area contributed by atoms with Gasteiger partial charge in [-0.1, -0.05) is 51.9 Å². The van der Waals surface area contributed by atoms with Crippen LogP contribution in [0.15, 0.2) is 0 Å². The average molecular weight is 255 g/mol. The first-order chi connectivity index (χ1) is 8.88. The highest BCUT2D eigenvalue weighted by Crippen LogP contribution is 2.27. The first-order valence-corrected chi connectivity index (χ1v) is 8.13. The first-order valence-electron chi connectivity index (χ1n) is 8.13. The minimum absolute atomic E-state index is 0.590. The van der Waals surface area contributed by atoms with Gasteiger partial charge in [0.15, 0.2) is 0 Å². The third-order valence-corrected chi connectivity index (χ3v) is 4.28. The summed E-state index contributed by atoms with van der Waals surface area (Å²) in [4.78, 5) is 0. The molecular weight excluding hydrogens is 222 g/mol. The number of hydrogen-bond acceptors (Lipinski definition) is 2. The molecule has 108 valence electrons. The molecule has 0 amide bonds. The number of ether oxygens (including phenoxy) is 1. The van der Waals surface area contributed by atoms with Crippen molar-refractivity contribution in [3.63, 3.8) is 0 Å². The average Bonchev–Trinajstić information content (AvgIpc) is 2.91.